The van der Waals surface area contributed by atoms with Gasteiger partial charge in [0.25, 0.3) is 5.69 Å². The minimum atomic E-state index is -0.701. The van der Waals surface area contributed by atoms with Gasteiger partial charge in [0.05, 0.1) is 22.4 Å². The number of carbonyl (C=O) groups excluding carboxylic acids is 2. The van der Waals surface area contributed by atoms with E-state index >= 15 is 0 Å². The first-order valence-corrected chi connectivity index (χ1v) is 17.6. The fraction of sp³-hybridized carbons (Fsp3) is 0.590. The summed E-state index contributed by atoms with van der Waals surface area (Å²) >= 11 is 0. The van der Waals surface area contributed by atoms with E-state index in [1.54, 1.807) is 25.3 Å². The first-order chi connectivity index (χ1) is 23.0. The van der Waals surface area contributed by atoms with E-state index in [-0.39, 0.29) is 29.0 Å². The highest BCUT2D eigenvalue weighted by Crippen LogP contribution is 2.62. The summed E-state index contributed by atoms with van der Waals surface area (Å²) in [5, 5.41) is 30.3. The molecule has 4 rings (SSSR count). The minimum Gasteiger partial charge on any atom is -0.456 e. The molecule has 2 saturated carbocycles. The SMILES string of the molecule is C/C(=C\CC/C(C)=C/CC[C@@H]1[C@@]2(C)CCC(=O)C(C)(C)[C@H]2CC[C@@]1(C)O)CC/C=C(\C)C(=O)OCc1cn(-c2ccc([N+](=O)[O-])cc2)nn1. The summed E-state index contributed by atoms with van der Waals surface area (Å²) in [6, 6.07) is 5.94. The molecule has 0 saturated heterocycles. The van der Waals surface area contributed by atoms with Gasteiger partial charge in [-0.25, -0.2) is 9.48 Å². The second-order valence-electron chi connectivity index (χ2n) is 15.3. The topological polar surface area (TPSA) is 137 Å². The minimum absolute atomic E-state index is 0.0103. The Bertz CT molecular complexity index is 1600. The van der Waals surface area contributed by atoms with Crippen molar-refractivity contribution in [2.75, 3.05) is 0 Å². The highest BCUT2D eigenvalue weighted by Gasteiger charge is 2.59. The van der Waals surface area contributed by atoms with Crippen LogP contribution in [-0.2, 0) is 20.9 Å². The molecule has 1 aromatic carbocycles. The molecule has 2 aliphatic carbocycles. The number of fused-ring (bicyclic) bond motifs is 1. The number of carbonyl (C=O) groups is 2. The van der Waals surface area contributed by atoms with E-state index < -0.39 is 16.5 Å². The largest absolute Gasteiger partial charge is 0.456 e. The van der Waals surface area contributed by atoms with Crippen molar-refractivity contribution in [2.24, 2.45) is 22.7 Å². The van der Waals surface area contributed by atoms with Crippen molar-refractivity contribution in [1.82, 2.24) is 15.0 Å². The molecule has 49 heavy (non-hydrogen) atoms. The number of non-ortho nitro benzene ring substituents is 1. The van der Waals surface area contributed by atoms with Gasteiger partial charge in [0.1, 0.15) is 18.1 Å². The van der Waals surface area contributed by atoms with Crippen LogP contribution in [0, 0.1) is 32.8 Å². The van der Waals surface area contributed by atoms with E-state index in [4.69, 9.17) is 4.74 Å². The molecular formula is C39H54N4O6. The van der Waals surface area contributed by atoms with Gasteiger partial charge in [-0.15, -0.1) is 5.10 Å². The Hall–Kier alpha value is -3.92. The third-order valence-corrected chi connectivity index (χ3v) is 11.3. The molecule has 0 amide bonds. The normalized spacial score (nSPS) is 26.0. The van der Waals surface area contributed by atoms with Crippen LogP contribution in [0.1, 0.15) is 118 Å². The molecule has 0 unspecified atom stereocenters. The van der Waals surface area contributed by atoms with Crippen molar-refractivity contribution in [3.8, 4) is 5.69 Å². The summed E-state index contributed by atoms with van der Waals surface area (Å²) in [5.74, 6) is 0.463. The zero-order valence-corrected chi connectivity index (χ0v) is 30.3. The Morgan fingerprint density at radius 3 is 2.31 bits per heavy atom. The number of ketones is 1. The Balaban J connectivity index is 1.18. The molecule has 4 atom stereocenters. The fourth-order valence-electron chi connectivity index (χ4n) is 8.28. The molecule has 10 heteroatoms. The van der Waals surface area contributed by atoms with E-state index in [0.717, 1.165) is 57.8 Å². The highest BCUT2D eigenvalue weighted by molar-refractivity contribution is 5.87. The van der Waals surface area contributed by atoms with Crippen LogP contribution < -0.4 is 0 Å². The molecule has 1 aromatic heterocycles. The molecule has 1 N–H and O–H groups in total. The lowest BCUT2D eigenvalue weighted by Gasteiger charge is -2.60. The number of nitro benzene ring substituents is 1. The monoisotopic (exact) mass is 674 g/mol. The lowest BCUT2D eigenvalue weighted by Crippen LogP contribution is -2.59. The number of hydrogen-bond donors (Lipinski definition) is 1. The standard InChI is InChI=1S/C39H54N4O6/c1-27(13-9-15-29(3)36(45)49-26-30-25-42(41-40-30)31-17-19-32(20-18-31)43(47)48)11-8-12-28(2)14-10-16-34-38(6)23-22-35(44)37(4,5)33(38)21-24-39(34,7)46/h11,14-15,17-20,25,33-34,46H,8-10,12-13,16,21-24,26H2,1-7H3/b27-11+,28-14+,29-15+/t33-,34-,38+,39-/m1/s1. The van der Waals surface area contributed by atoms with Crippen LogP contribution in [0.2, 0.25) is 0 Å². The van der Waals surface area contributed by atoms with Crippen molar-refractivity contribution in [3.63, 3.8) is 0 Å². The summed E-state index contributed by atoms with van der Waals surface area (Å²) in [6.07, 6.45) is 16.7. The maximum atomic E-state index is 12.8. The Labute approximate surface area is 290 Å². The number of ether oxygens (including phenoxy) is 1. The van der Waals surface area contributed by atoms with Crippen molar-refractivity contribution in [2.45, 2.75) is 125 Å². The predicted octanol–water partition coefficient (Wildman–Crippen LogP) is 8.57. The first kappa shape index (κ1) is 37.9. The number of Topliss-reactive ketones (excluding diaryl/α,β-unsaturated/α-hetero) is 1. The van der Waals surface area contributed by atoms with Gasteiger partial charge in [0.15, 0.2) is 0 Å². The molecule has 1 heterocycles. The molecular weight excluding hydrogens is 620 g/mol. The molecule has 266 valence electrons. The zero-order chi connectivity index (χ0) is 36.0. The maximum Gasteiger partial charge on any atom is 0.333 e. The predicted molar refractivity (Wildman–Crippen MR) is 190 cm³/mol. The summed E-state index contributed by atoms with van der Waals surface area (Å²) in [4.78, 5) is 35.7. The van der Waals surface area contributed by atoms with Gasteiger partial charge in [-0.1, -0.05) is 55.4 Å². The van der Waals surface area contributed by atoms with E-state index in [0.29, 0.717) is 35.1 Å². The molecule has 0 aliphatic heterocycles. The van der Waals surface area contributed by atoms with Crippen LogP contribution in [0.3, 0.4) is 0 Å². The molecule has 0 bridgehead atoms. The summed E-state index contributed by atoms with van der Waals surface area (Å²) in [7, 11) is 0. The van der Waals surface area contributed by atoms with E-state index in [2.05, 4.69) is 57.1 Å². The number of rotatable bonds is 14. The number of nitro groups is 1. The average Bonchev–Trinajstić information content (AvgIpc) is 3.52. The van der Waals surface area contributed by atoms with Crippen LogP contribution in [0.4, 0.5) is 5.69 Å². The van der Waals surface area contributed by atoms with Gasteiger partial charge in [-0.2, -0.15) is 0 Å². The third kappa shape index (κ3) is 9.21. The summed E-state index contributed by atoms with van der Waals surface area (Å²) < 4.78 is 6.88. The lowest BCUT2D eigenvalue weighted by molar-refractivity contribution is -0.384. The van der Waals surface area contributed by atoms with Crippen LogP contribution in [0.15, 0.2) is 65.4 Å². The quantitative estimate of drug-likeness (QED) is 0.0692. The van der Waals surface area contributed by atoms with Crippen LogP contribution in [0.5, 0.6) is 0 Å². The Morgan fingerprint density at radius 1 is 1.02 bits per heavy atom. The first-order valence-electron chi connectivity index (χ1n) is 17.6. The third-order valence-electron chi connectivity index (χ3n) is 11.3. The fourth-order valence-corrected chi connectivity index (χ4v) is 8.28. The Morgan fingerprint density at radius 2 is 1.65 bits per heavy atom. The van der Waals surface area contributed by atoms with Crippen molar-refractivity contribution < 1.29 is 24.4 Å². The zero-order valence-electron chi connectivity index (χ0n) is 30.3. The number of esters is 1. The smallest absolute Gasteiger partial charge is 0.333 e. The van der Waals surface area contributed by atoms with Crippen LogP contribution in [0.25, 0.3) is 5.69 Å². The number of allylic oxidation sites excluding steroid dienone is 5. The Kier molecular flexibility index (Phi) is 12.2. The molecule has 2 aliphatic rings. The maximum absolute atomic E-state index is 12.8. The van der Waals surface area contributed by atoms with Crippen molar-refractivity contribution in [3.05, 3.63) is 81.2 Å². The van der Waals surface area contributed by atoms with Gasteiger partial charge in [-0.05, 0) is 115 Å². The van der Waals surface area contributed by atoms with Gasteiger partial charge in [0.2, 0.25) is 0 Å². The van der Waals surface area contributed by atoms with Gasteiger partial charge in [-0.3, -0.25) is 14.9 Å². The van der Waals surface area contributed by atoms with E-state index in [1.165, 1.54) is 28.0 Å². The van der Waals surface area contributed by atoms with Crippen molar-refractivity contribution in [1.29, 1.82) is 0 Å². The number of aliphatic hydroxyl groups is 1. The second-order valence-corrected chi connectivity index (χ2v) is 15.3. The van der Waals surface area contributed by atoms with Crippen molar-refractivity contribution >= 4 is 17.4 Å². The number of aromatic nitrogens is 3. The van der Waals surface area contributed by atoms with Gasteiger partial charge >= 0.3 is 5.97 Å². The summed E-state index contributed by atoms with van der Waals surface area (Å²) in [6.45, 7) is 14.6. The van der Waals surface area contributed by atoms with Gasteiger partial charge in [0, 0.05) is 29.5 Å². The lowest BCUT2D eigenvalue weighted by atomic mass is 9.45. The molecule has 0 spiro atoms. The second kappa shape index (κ2) is 15.7. The highest BCUT2D eigenvalue weighted by atomic mass is 16.6. The van der Waals surface area contributed by atoms with Crippen LogP contribution >= 0.6 is 0 Å². The number of hydrogen-bond acceptors (Lipinski definition) is 8. The number of benzene rings is 1. The number of nitrogens with zero attached hydrogens (tertiary/aromatic N) is 4. The van der Waals surface area contributed by atoms with E-state index in [1.807, 2.05) is 13.0 Å². The molecule has 2 aromatic rings. The molecule has 10 nitrogen and oxygen atoms in total. The van der Waals surface area contributed by atoms with Gasteiger partial charge < -0.3 is 9.84 Å². The van der Waals surface area contributed by atoms with E-state index in [9.17, 15) is 24.8 Å². The summed E-state index contributed by atoms with van der Waals surface area (Å²) in [5.41, 5.74) is 3.20. The molecule has 0 radical (unpaired) electrons. The van der Waals surface area contributed by atoms with Crippen LogP contribution in [-0.4, -0.2) is 42.4 Å². The molecule has 2 fully saturated rings. The average molecular weight is 675 g/mol.